The van der Waals surface area contributed by atoms with Crippen LogP contribution in [-0.4, -0.2) is 33.5 Å². The molecule has 1 aromatic rings. The minimum absolute atomic E-state index is 1.17. The van der Waals surface area contributed by atoms with Crippen LogP contribution in [-0.2, 0) is 0 Å². The first kappa shape index (κ1) is 10.6. The summed E-state index contributed by atoms with van der Waals surface area (Å²) in [5, 5.41) is 0. The van der Waals surface area contributed by atoms with Crippen molar-refractivity contribution in [3.63, 3.8) is 0 Å². The van der Waals surface area contributed by atoms with Crippen LogP contribution >= 0.6 is 23.5 Å². The third-order valence-electron chi connectivity index (χ3n) is 1.67. The van der Waals surface area contributed by atoms with Crippen LogP contribution in [0.5, 0.6) is 0 Å². The van der Waals surface area contributed by atoms with Gasteiger partial charge in [-0.2, -0.15) is 4.58 Å². The van der Waals surface area contributed by atoms with Gasteiger partial charge < -0.3 is 0 Å². The van der Waals surface area contributed by atoms with Crippen LogP contribution in [0.4, 0.5) is 5.69 Å². The highest BCUT2D eigenvalue weighted by Crippen LogP contribution is 2.16. The fourth-order valence-corrected chi connectivity index (χ4v) is 2.46. The van der Waals surface area contributed by atoms with E-state index in [1.165, 1.54) is 10.1 Å². The summed E-state index contributed by atoms with van der Waals surface area (Å²) in [6.07, 6.45) is 7.79. The van der Waals surface area contributed by atoms with Crippen LogP contribution in [0.3, 0.4) is 0 Å². The molecule has 2 nitrogen and oxygen atoms in total. The Labute approximate surface area is 87.5 Å². The van der Waals surface area contributed by atoms with Crippen molar-refractivity contribution in [1.29, 1.82) is 0 Å². The molecule has 0 amide bonds. The zero-order chi connectivity index (χ0) is 9.68. The molecule has 0 bridgehead atoms. The topological polar surface area (TPSA) is 15.9 Å². The highest BCUT2D eigenvalue weighted by atomic mass is 32.2. The van der Waals surface area contributed by atoms with Crippen LogP contribution in [0.1, 0.15) is 0 Å². The second-order valence-corrected chi connectivity index (χ2v) is 4.29. The minimum atomic E-state index is 1.17. The first-order valence-electron chi connectivity index (χ1n) is 3.88. The summed E-state index contributed by atoms with van der Waals surface area (Å²) >= 11 is 3.52. The van der Waals surface area contributed by atoms with E-state index < -0.39 is 0 Å². The van der Waals surface area contributed by atoms with E-state index in [0.717, 1.165) is 0 Å². The van der Waals surface area contributed by atoms with Crippen molar-refractivity contribution in [3.8, 4) is 0 Å². The number of hydrogen-bond donors (Lipinski definition) is 0. The molecule has 1 heterocycles. The van der Waals surface area contributed by atoms with Crippen LogP contribution in [0.25, 0.3) is 0 Å². The average molecular weight is 213 g/mol. The van der Waals surface area contributed by atoms with E-state index in [-0.39, 0.29) is 0 Å². The highest BCUT2D eigenvalue weighted by Gasteiger charge is 2.10. The molecule has 4 heteroatoms. The molecule has 1 aromatic heterocycles. The molecular weight excluding hydrogens is 200 g/mol. The molecule has 0 N–H and O–H groups in total. The summed E-state index contributed by atoms with van der Waals surface area (Å²) in [5.41, 5.74) is 1.17. The second kappa shape index (κ2) is 5.29. The van der Waals surface area contributed by atoms with Crippen LogP contribution < -0.4 is 0 Å². The van der Waals surface area contributed by atoms with Gasteiger partial charge in [0.1, 0.15) is 7.05 Å². The first-order valence-corrected chi connectivity index (χ1v) is 6.33. The maximum absolute atomic E-state index is 3.99. The van der Waals surface area contributed by atoms with Crippen molar-refractivity contribution in [2.24, 2.45) is 0 Å². The largest absolute Gasteiger partial charge is 0.275 e. The smallest absolute Gasteiger partial charge is 0.264 e. The van der Waals surface area contributed by atoms with Gasteiger partial charge in [0.2, 0.25) is 5.69 Å². The zero-order valence-electron chi connectivity index (χ0n) is 8.02. The Hall–Kier alpha value is -0.480. The monoisotopic (exact) mass is 213 g/mol. The molecule has 0 aliphatic carbocycles. The maximum atomic E-state index is 3.99. The predicted molar refractivity (Wildman–Crippen MR) is 62.1 cm³/mol. The second-order valence-electron chi connectivity index (χ2n) is 2.44. The molecule has 1 rings (SSSR count). The third kappa shape index (κ3) is 2.74. The number of rotatable bonds is 1. The third-order valence-corrected chi connectivity index (χ3v) is 3.92. The SMILES string of the molecule is CSC(SC)=[N+](C)c1ccncc1. The van der Waals surface area contributed by atoms with Crippen molar-refractivity contribution < 1.29 is 4.58 Å². The molecule has 0 aliphatic rings. The standard InChI is InChI=1S/C9H13N2S2/c1-11(9(12-2)13-3)8-4-6-10-7-5-8/h4-7H,1-3H3/q+1. The van der Waals surface area contributed by atoms with Crippen molar-refractivity contribution in [1.82, 2.24) is 4.98 Å². The van der Waals surface area contributed by atoms with Crippen molar-refractivity contribution in [2.75, 3.05) is 19.6 Å². The van der Waals surface area contributed by atoms with Gasteiger partial charge in [-0.25, -0.2) is 0 Å². The van der Waals surface area contributed by atoms with Crippen molar-refractivity contribution in [2.45, 2.75) is 0 Å². The molecule has 0 spiro atoms. The van der Waals surface area contributed by atoms with Crippen LogP contribution in [0, 0.1) is 0 Å². The average Bonchev–Trinajstić information content (AvgIpc) is 2.21. The number of hydrogen-bond acceptors (Lipinski definition) is 3. The normalized spacial score (nSPS) is 9.77. The minimum Gasteiger partial charge on any atom is -0.264 e. The van der Waals surface area contributed by atoms with E-state index in [9.17, 15) is 0 Å². The molecule has 0 atom stereocenters. The zero-order valence-corrected chi connectivity index (χ0v) is 9.65. The van der Waals surface area contributed by atoms with Gasteiger partial charge in [-0.05, 0) is 12.5 Å². The predicted octanol–water partition coefficient (Wildman–Crippen LogP) is 2.44. The Morgan fingerprint density at radius 3 is 2.23 bits per heavy atom. The lowest BCUT2D eigenvalue weighted by molar-refractivity contribution is -0.398. The van der Waals surface area contributed by atoms with Gasteiger partial charge in [0.05, 0.1) is 0 Å². The summed E-state index contributed by atoms with van der Waals surface area (Å²) in [7, 11) is 2.07. The molecular formula is C9H13N2S2+. The summed E-state index contributed by atoms with van der Waals surface area (Å²) < 4.78 is 3.45. The molecule has 0 aromatic carbocycles. The lowest BCUT2D eigenvalue weighted by atomic mass is 10.4. The van der Waals surface area contributed by atoms with Gasteiger partial charge in [0.15, 0.2) is 0 Å². The summed E-state index contributed by atoms with van der Waals surface area (Å²) in [6, 6.07) is 4.01. The molecule has 13 heavy (non-hydrogen) atoms. The molecule has 0 saturated carbocycles. The van der Waals surface area contributed by atoms with Crippen LogP contribution in [0.15, 0.2) is 24.5 Å². The highest BCUT2D eigenvalue weighted by molar-refractivity contribution is 8.38. The molecule has 0 unspecified atom stereocenters. The molecule has 0 aliphatic heterocycles. The van der Waals surface area contributed by atoms with Gasteiger partial charge in [-0.15, -0.1) is 0 Å². The molecule has 0 fully saturated rings. The van der Waals surface area contributed by atoms with E-state index in [4.69, 9.17) is 0 Å². The van der Waals surface area contributed by atoms with Gasteiger partial charge in [0, 0.05) is 24.5 Å². The quantitative estimate of drug-likeness (QED) is 0.405. The van der Waals surface area contributed by atoms with Gasteiger partial charge in [-0.3, -0.25) is 4.98 Å². The summed E-state index contributed by atoms with van der Waals surface area (Å²) in [4.78, 5) is 3.99. The van der Waals surface area contributed by atoms with E-state index in [1.54, 1.807) is 23.5 Å². The molecule has 0 radical (unpaired) electrons. The summed E-state index contributed by atoms with van der Waals surface area (Å²) in [5.74, 6) is 0. The van der Waals surface area contributed by atoms with E-state index in [0.29, 0.717) is 0 Å². The van der Waals surface area contributed by atoms with E-state index >= 15 is 0 Å². The van der Waals surface area contributed by atoms with E-state index in [2.05, 4.69) is 29.1 Å². The van der Waals surface area contributed by atoms with Crippen molar-refractivity contribution in [3.05, 3.63) is 24.5 Å². The van der Waals surface area contributed by atoms with Gasteiger partial charge in [0.25, 0.3) is 4.38 Å². The first-order chi connectivity index (χ1) is 6.29. The number of aromatic nitrogens is 1. The number of pyridine rings is 1. The molecule has 0 saturated heterocycles. The van der Waals surface area contributed by atoms with Gasteiger partial charge in [-0.1, -0.05) is 23.5 Å². The summed E-state index contributed by atoms with van der Waals surface area (Å²) in [6.45, 7) is 0. The number of thioether (sulfide) groups is 2. The molecule has 70 valence electrons. The van der Waals surface area contributed by atoms with Gasteiger partial charge >= 0.3 is 0 Å². The lowest BCUT2D eigenvalue weighted by Gasteiger charge is -1.99. The fourth-order valence-electron chi connectivity index (χ4n) is 1.03. The Bertz CT molecular complexity index is 290. The van der Waals surface area contributed by atoms with Crippen molar-refractivity contribution >= 4 is 33.6 Å². The van der Waals surface area contributed by atoms with E-state index in [1.807, 2.05) is 24.5 Å². The maximum Gasteiger partial charge on any atom is 0.275 e. The van der Waals surface area contributed by atoms with Crippen LogP contribution in [0.2, 0.25) is 0 Å². The Balaban J connectivity index is 3.01. The lowest BCUT2D eigenvalue weighted by Crippen LogP contribution is -2.05. The Morgan fingerprint density at radius 2 is 1.77 bits per heavy atom. The number of nitrogens with zero attached hydrogens (tertiary/aromatic N) is 2. The Morgan fingerprint density at radius 1 is 1.23 bits per heavy atom. The Kier molecular flexibility index (Phi) is 4.32. The fraction of sp³-hybridized carbons (Fsp3) is 0.333.